The normalized spacial score (nSPS) is 15.4. The quantitative estimate of drug-likeness (QED) is 0.389. The standard InChI is InChI=1S/C27H27N3O2Si/c1-33(2,3)17-8-7-12-21-14-15-22(18-23(21)20-10-5-4-6-11-20)24-19-28-26(29-24)25-13-9-16-30(25)27(31)32/h4-6,10-11,14-15,18-19,25H,9,13,16H2,1-3H3,(H,28,29)(H,31,32). The first-order valence-electron chi connectivity index (χ1n) is 11.1. The van der Waals surface area contributed by atoms with Crippen LogP contribution in [0.1, 0.15) is 30.3 Å². The summed E-state index contributed by atoms with van der Waals surface area (Å²) >= 11 is 0. The third-order valence-electron chi connectivity index (χ3n) is 5.52. The van der Waals surface area contributed by atoms with Crippen LogP contribution < -0.4 is 0 Å². The van der Waals surface area contributed by atoms with Gasteiger partial charge in [-0.3, -0.25) is 4.90 Å². The second kappa shape index (κ2) is 9.40. The highest BCUT2D eigenvalue weighted by molar-refractivity contribution is 6.83. The molecule has 1 aliphatic rings. The summed E-state index contributed by atoms with van der Waals surface area (Å²) in [6.07, 6.45) is 2.50. The molecular weight excluding hydrogens is 426 g/mol. The molecule has 4 rings (SSSR count). The van der Waals surface area contributed by atoms with E-state index in [2.05, 4.69) is 71.1 Å². The van der Waals surface area contributed by atoms with Gasteiger partial charge in [-0.15, -0.1) is 5.54 Å². The number of benzene rings is 2. The Hall–Kier alpha value is -3.74. The van der Waals surface area contributed by atoms with Crippen LogP contribution in [0.25, 0.3) is 22.4 Å². The lowest BCUT2D eigenvalue weighted by Crippen LogP contribution is -2.29. The summed E-state index contributed by atoms with van der Waals surface area (Å²) in [6.45, 7) is 7.14. The molecule has 1 fully saturated rings. The van der Waals surface area contributed by atoms with Gasteiger partial charge >= 0.3 is 6.09 Å². The lowest BCUT2D eigenvalue weighted by molar-refractivity contribution is 0.139. The molecule has 0 spiro atoms. The van der Waals surface area contributed by atoms with Crippen LogP contribution in [0.3, 0.4) is 0 Å². The Morgan fingerprint density at radius 3 is 2.64 bits per heavy atom. The number of likely N-dealkylation sites (tertiary alicyclic amines) is 1. The molecule has 1 aromatic heterocycles. The number of carboxylic acid groups (broad SMARTS) is 1. The van der Waals surface area contributed by atoms with E-state index in [1.54, 1.807) is 6.20 Å². The number of amides is 1. The second-order valence-electron chi connectivity index (χ2n) is 9.19. The van der Waals surface area contributed by atoms with Gasteiger partial charge < -0.3 is 10.1 Å². The van der Waals surface area contributed by atoms with E-state index in [0.717, 1.165) is 40.8 Å². The van der Waals surface area contributed by atoms with Crippen molar-refractivity contribution in [2.75, 3.05) is 6.54 Å². The predicted molar refractivity (Wildman–Crippen MR) is 134 cm³/mol. The van der Waals surface area contributed by atoms with Crippen LogP contribution in [0, 0.1) is 23.3 Å². The molecule has 1 aliphatic heterocycles. The van der Waals surface area contributed by atoms with E-state index in [0.29, 0.717) is 12.4 Å². The second-order valence-corrected chi connectivity index (χ2v) is 13.9. The zero-order valence-corrected chi connectivity index (χ0v) is 20.1. The fourth-order valence-electron chi connectivity index (χ4n) is 3.93. The molecule has 1 amide bonds. The monoisotopic (exact) mass is 453 g/mol. The number of H-pyrrole nitrogens is 1. The van der Waals surface area contributed by atoms with E-state index in [-0.39, 0.29) is 6.04 Å². The van der Waals surface area contributed by atoms with Crippen molar-refractivity contribution in [3.8, 4) is 45.7 Å². The molecule has 0 radical (unpaired) electrons. The minimum absolute atomic E-state index is 0.222. The van der Waals surface area contributed by atoms with Crippen molar-refractivity contribution in [1.29, 1.82) is 0 Å². The predicted octanol–water partition coefficient (Wildman–Crippen LogP) is 5.79. The Labute approximate surface area is 195 Å². The Morgan fingerprint density at radius 2 is 1.91 bits per heavy atom. The molecule has 0 bridgehead atoms. The maximum Gasteiger partial charge on any atom is 0.407 e. The Morgan fingerprint density at radius 1 is 1.12 bits per heavy atom. The van der Waals surface area contributed by atoms with Crippen molar-refractivity contribution >= 4 is 14.2 Å². The molecule has 0 aliphatic carbocycles. The van der Waals surface area contributed by atoms with Gasteiger partial charge in [0.05, 0.1) is 17.9 Å². The summed E-state index contributed by atoms with van der Waals surface area (Å²) in [5.41, 5.74) is 8.15. The van der Waals surface area contributed by atoms with Gasteiger partial charge in [0, 0.05) is 17.7 Å². The highest BCUT2D eigenvalue weighted by atomic mass is 28.3. The number of imidazole rings is 1. The van der Waals surface area contributed by atoms with Crippen molar-refractivity contribution in [1.82, 2.24) is 14.9 Å². The van der Waals surface area contributed by atoms with Gasteiger partial charge in [0.1, 0.15) is 13.9 Å². The fourth-order valence-corrected chi connectivity index (χ4v) is 4.36. The molecule has 3 aromatic rings. The average Bonchev–Trinajstić information content (AvgIpc) is 3.46. The van der Waals surface area contributed by atoms with E-state index < -0.39 is 14.2 Å². The number of aromatic nitrogens is 2. The molecule has 5 nitrogen and oxygen atoms in total. The topological polar surface area (TPSA) is 69.2 Å². The summed E-state index contributed by atoms with van der Waals surface area (Å²) in [7, 11) is -1.46. The number of nitrogens with zero attached hydrogens (tertiary/aromatic N) is 2. The van der Waals surface area contributed by atoms with Crippen LogP contribution in [-0.4, -0.2) is 40.7 Å². The summed E-state index contributed by atoms with van der Waals surface area (Å²) in [5.74, 6) is 9.98. The van der Waals surface area contributed by atoms with E-state index in [1.165, 1.54) is 4.90 Å². The first-order valence-corrected chi connectivity index (χ1v) is 14.6. The van der Waals surface area contributed by atoms with Crippen LogP contribution in [-0.2, 0) is 0 Å². The van der Waals surface area contributed by atoms with Crippen LogP contribution in [0.2, 0.25) is 19.6 Å². The molecule has 2 N–H and O–H groups in total. The van der Waals surface area contributed by atoms with Crippen molar-refractivity contribution < 1.29 is 9.90 Å². The SMILES string of the molecule is C[Si](C)(C)C#CC#Cc1ccc(-c2cnc(C3CCCN3C(=O)O)[nH]2)cc1-c1ccccc1. The van der Waals surface area contributed by atoms with Crippen LogP contribution in [0.4, 0.5) is 4.79 Å². The van der Waals surface area contributed by atoms with E-state index in [1.807, 2.05) is 30.3 Å². The zero-order valence-electron chi connectivity index (χ0n) is 19.1. The van der Waals surface area contributed by atoms with E-state index >= 15 is 0 Å². The first-order chi connectivity index (χ1) is 15.8. The van der Waals surface area contributed by atoms with E-state index in [4.69, 9.17) is 0 Å². The summed E-state index contributed by atoms with van der Waals surface area (Å²) in [4.78, 5) is 20.9. The number of rotatable bonds is 3. The van der Waals surface area contributed by atoms with Gasteiger partial charge in [0.2, 0.25) is 0 Å². The Bertz CT molecular complexity index is 1280. The molecule has 33 heavy (non-hydrogen) atoms. The molecule has 1 saturated heterocycles. The zero-order chi connectivity index (χ0) is 23.4. The number of carbonyl (C=O) groups is 1. The molecule has 166 valence electrons. The lowest BCUT2D eigenvalue weighted by Gasteiger charge is -2.19. The van der Waals surface area contributed by atoms with Gasteiger partial charge in [0.25, 0.3) is 0 Å². The third kappa shape index (κ3) is 5.37. The molecule has 0 saturated carbocycles. The van der Waals surface area contributed by atoms with Crippen LogP contribution >= 0.6 is 0 Å². The maximum absolute atomic E-state index is 11.5. The molecular formula is C27H27N3O2Si. The third-order valence-corrected chi connectivity index (χ3v) is 6.40. The van der Waals surface area contributed by atoms with Crippen LogP contribution in [0.15, 0.2) is 54.7 Å². The summed E-state index contributed by atoms with van der Waals surface area (Å²) < 4.78 is 0. The van der Waals surface area contributed by atoms with E-state index in [9.17, 15) is 9.90 Å². The average molecular weight is 454 g/mol. The van der Waals surface area contributed by atoms with Gasteiger partial charge in [-0.2, -0.15) is 0 Å². The molecule has 1 unspecified atom stereocenters. The lowest BCUT2D eigenvalue weighted by atomic mass is 9.96. The fraction of sp³-hybridized carbons (Fsp3) is 0.259. The van der Waals surface area contributed by atoms with Crippen LogP contribution in [0.5, 0.6) is 0 Å². The van der Waals surface area contributed by atoms with Gasteiger partial charge in [0.15, 0.2) is 0 Å². The number of aromatic amines is 1. The number of hydrogen-bond acceptors (Lipinski definition) is 2. The minimum Gasteiger partial charge on any atom is -0.465 e. The summed E-state index contributed by atoms with van der Waals surface area (Å²) in [6, 6.07) is 16.1. The Balaban J connectivity index is 1.70. The van der Waals surface area contributed by atoms with Crippen molar-refractivity contribution in [2.24, 2.45) is 0 Å². The molecule has 2 aromatic carbocycles. The van der Waals surface area contributed by atoms with Gasteiger partial charge in [-0.05, 0) is 47.9 Å². The molecule has 2 heterocycles. The van der Waals surface area contributed by atoms with Crippen molar-refractivity contribution in [2.45, 2.75) is 38.5 Å². The molecule has 1 atom stereocenters. The Kier molecular flexibility index (Phi) is 6.40. The largest absolute Gasteiger partial charge is 0.465 e. The van der Waals surface area contributed by atoms with Crippen molar-refractivity contribution in [3.63, 3.8) is 0 Å². The van der Waals surface area contributed by atoms with Gasteiger partial charge in [-0.25, -0.2) is 9.78 Å². The summed E-state index contributed by atoms with van der Waals surface area (Å²) in [5, 5.41) is 9.46. The highest BCUT2D eigenvalue weighted by Gasteiger charge is 2.31. The highest BCUT2D eigenvalue weighted by Crippen LogP contribution is 2.33. The first kappa shape index (κ1) is 22.5. The molecule has 6 heteroatoms. The number of hydrogen-bond donors (Lipinski definition) is 2. The number of nitrogens with one attached hydrogen (secondary N) is 1. The van der Waals surface area contributed by atoms with Gasteiger partial charge in [-0.1, -0.05) is 62.0 Å². The minimum atomic E-state index is -1.46. The van der Waals surface area contributed by atoms with Crippen molar-refractivity contribution in [3.05, 3.63) is 66.1 Å². The smallest absolute Gasteiger partial charge is 0.407 e. The maximum atomic E-state index is 11.5.